The highest BCUT2D eigenvalue weighted by Gasteiger charge is 2.43. The summed E-state index contributed by atoms with van der Waals surface area (Å²) in [6.45, 7) is 1.63. The van der Waals surface area contributed by atoms with Crippen LogP contribution < -0.4 is 0 Å². The molecule has 0 aromatic heterocycles. The maximum Gasteiger partial charge on any atom is 0.331 e. The highest BCUT2D eigenvalue weighted by atomic mass is 16.7. The minimum atomic E-state index is -0.511. The van der Waals surface area contributed by atoms with Crippen molar-refractivity contribution < 1.29 is 28.6 Å². The van der Waals surface area contributed by atoms with Gasteiger partial charge in [0.05, 0.1) is 12.3 Å². The van der Waals surface area contributed by atoms with Crippen molar-refractivity contribution >= 4 is 11.7 Å². The van der Waals surface area contributed by atoms with Gasteiger partial charge in [-0.1, -0.05) is 35.5 Å². The third kappa shape index (κ3) is 3.76. The first-order chi connectivity index (χ1) is 11.2. The molecule has 7 heteroatoms. The second kappa shape index (κ2) is 7.18. The number of methoxy groups -OCH3 is 1. The zero-order chi connectivity index (χ0) is 16.2. The van der Waals surface area contributed by atoms with Crippen LogP contribution in [0.1, 0.15) is 25.2 Å². The van der Waals surface area contributed by atoms with Gasteiger partial charge in [-0.3, -0.25) is 0 Å². The van der Waals surface area contributed by atoms with Crippen LogP contribution in [-0.2, 0) is 28.6 Å². The largest absolute Gasteiger partial charge is 0.355 e. The molecule has 1 aromatic carbocycles. The Morgan fingerprint density at radius 1 is 1.26 bits per heavy atom. The van der Waals surface area contributed by atoms with Crippen LogP contribution in [0, 0.1) is 0 Å². The normalized spacial score (nSPS) is 32.3. The number of hydrogen-bond donors (Lipinski definition) is 0. The van der Waals surface area contributed by atoms with Crippen molar-refractivity contribution in [2.24, 2.45) is 5.16 Å². The molecule has 0 N–H and O–H groups in total. The summed E-state index contributed by atoms with van der Waals surface area (Å²) in [6.07, 6.45) is -1.41. The van der Waals surface area contributed by atoms with Gasteiger partial charge in [0.1, 0.15) is 12.2 Å². The van der Waals surface area contributed by atoms with Crippen LogP contribution in [0.2, 0.25) is 0 Å². The number of ether oxygens (including phenoxy) is 4. The summed E-state index contributed by atoms with van der Waals surface area (Å²) >= 11 is 0. The zero-order valence-corrected chi connectivity index (χ0v) is 13.0. The van der Waals surface area contributed by atoms with Gasteiger partial charge in [-0.05, 0) is 0 Å². The monoisotopic (exact) mass is 321 g/mol. The van der Waals surface area contributed by atoms with E-state index < -0.39 is 24.7 Å². The van der Waals surface area contributed by atoms with E-state index >= 15 is 0 Å². The van der Waals surface area contributed by atoms with Gasteiger partial charge in [-0.25, -0.2) is 4.79 Å². The van der Waals surface area contributed by atoms with E-state index in [1.165, 1.54) is 6.92 Å². The Bertz CT molecular complexity index is 575. The van der Waals surface area contributed by atoms with Crippen LogP contribution in [0.15, 0.2) is 35.5 Å². The molecule has 1 unspecified atom stereocenters. The Morgan fingerprint density at radius 3 is 2.74 bits per heavy atom. The fourth-order valence-electron chi connectivity index (χ4n) is 2.60. The summed E-state index contributed by atoms with van der Waals surface area (Å²) in [6, 6.07) is 9.61. The van der Waals surface area contributed by atoms with Crippen LogP contribution in [0.4, 0.5) is 0 Å². The third-order valence-electron chi connectivity index (χ3n) is 3.68. The van der Waals surface area contributed by atoms with E-state index in [-0.39, 0.29) is 6.10 Å². The molecular formula is C16H19NO6. The fourth-order valence-corrected chi connectivity index (χ4v) is 2.60. The molecule has 2 aliphatic rings. The Kier molecular flexibility index (Phi) is 5.02. The lowest BCUT2D eigenvalue weighted by Crippen LogP contribution is -2.53. The summed E-state index contributed by atoms with van der Waals surface area (Å²) < 4.78 is 22.7. The third-order valence-corrected chi connectivity index (χ3v) is 3.68. The van der Waals surface area contributed by atoms with E-state index in [2.05, 4.69) is 5.16 Å². The number of rotatable bonds is 3. The molecule has 2 aliphatic heterocycles. The standard InChI is InChI=1S/C16H19NO6/c1-10(18)23-17-12-8-14(19-2)21-13-9-20-16(22-15(12)13)11-6-4-3-5-7-11/h3-7,13-16H,8-9H2,1-2H3/t13-,14+,15+,16?/m1/s1. The van der Waals surface area contributed by atoms with E-state index in [9.17, 15) is 4.79 Å². The molecule has 7 nitrogen and oxygen atoms in total. The van der Waals surface area contributed by atoms with Crippen LogP contribution in [0.25, 0.3) is 0 Å². The van der Waals surface area contributed by atoms with Crippen molar-refractivity contribution in [2.45, 2.75) is 38.1 Å². The van der Waals surface area contributed by atoms with E-state index in [0.717, 1.165) is 5.56 Å². The van der Waals surface area contributed by atoms with Crippen molar-refractivity contribution in [3.63, 3.8) is 0 Å². The van der Waals surface area contributed by atoms with Crippen molar-refractivity contribution in [1.29, 1.82) is 0 Å². The topological polar surface area (TPSA) is 75.6 Å². The molecule has 3 rings (SSSR count). The number of oxime groups is 1. The molecule has 0 radical (unpaired) electrons. The summed E-state index contributed by atoms with van der Waals surface area (Å²) in [5.74, 6) is -0.485. The lowest BCUT2D eigenvalue weighted by atomic mass is 10.0. The zero-order valence-electron chi connectivity index (χ0n) is 13.0. The number of fused-ring (bicyclic) bond motifs is 1. The Labute approximate surface area is 134 Å². The van der Waals surface area contributed by atoms with E-state index in [1.54, 1.807) is 7.11 Å². The lowest BCUT2D eigenvalue weighted by molar-refractivity contribution is -0.286. The first-order valence-corrected chi connectivity index (χ1v) is 7.42. The predicted octanol–water partition coefficient (Wildman–Crippen LogP) is 1.78. The number of carbonyl (C=O) groups excluding carboxylic acids is 1. The molecule has 0 spiro atoms. The van der Waals surface area contributed by atoms with Crippen LogP contribution in [-0.4, -0.2) is 43.9 Å². The van der Waals surface area contributed by atoms with Gasteiger partial charge in [0, 0.05) is 26.0 Å². The first kappa shape index (κ1) is 16.1. The molecule has 0 bridgehead atoms. The Morgan fingerprint density at radius 2 is 2.04 bits per heavy atom. The molecule has 2 saturated heterocycles. The van der Waals surface area contributed by atoms with Crippen LogP contribution in [0.5, 0.6) is 0 Å². The van der Waals surface area contributed by atoms with Gasteiger partial charge in [0.25, 0.3) is 0 Å². The van der Waals surface area contributed by atoms with Gasteiger partial charge in [0.2, 0.25) is 0 Å². The Hall–Kier alpha value is -1.80. The molecular weight excluding hydrogens is 302 g/mol. The van der Waals surface area contributed by atoms with E-state index in [4.69, 9.17) is 23.8 Å². The molecule has 4 atom stereocenters. The average molecular weight is 321 g/mol. The summed E-state index contributed by atoms with van der Waals surface area (Å²) in [7, 11) is 1.55. The summed E-state index contributed by atoms with van der Waals surface area (Å²) in [5.41, 5.74) is 1.49. The number of nitrogens with zero attached hydrogens (tertiary/aromatic N) is 1. The Balaban J connectivity index is 1.78. The number of hydrogen-bond acceptors (Lipinski definition) is 7. The van der Waals surface area contributed by atoms with E-state index in [0.29, 0.717) is 18.7 Å². The molecule has 0 saturated carbocycles. The summed E-state index contributed by atoms with van der Waals surface area (Å²) in [4.78, 5) is 15.8. The van der Waals surface area contributed by atoms with Crippen molar-refractivity contribution in [3.8, 4) is 0 Å². The lowest BCUT2D eigenvalue weighted by Gasteiger charge is -2.41. The van der Waals surface area contributed by atoms with Crippen molar-refractivity contribution in [2.75, 3.05) is 13.7 Å². The maximum atomic E-state index is 11.0. The molecule has 1 aromatic rings. The van der Waals surface area contributed by atoms with Crippen molar-refractivity contribution in [1.82, 2.24) is 0 Å². The molecule has 2 fully saturated rings. The second-order valence-electron chi connectivity index (χ2n) is 5.34. The minimum absolute atomic E-state index is 0.336. The quantitative estimate of drug-likeness (QED) is 0.624. The molecule has 124 valence electrons. The van der Waals surface area contributed by atoms with E-state index in [1.807, 2.05) is 30.3 Å². The van der Waals surface area contributed by atoms with Gasteiger partial charge in [-0.2, -0.15) is 0 Å². The van der Waals surface area contributed by atoms with Crippen molar-refractivity contribution in [3.05, 3.63) is 35.9 Å². The number of carbonyl (C=O) groups is 1. The van der Waals surface area contributed by atoms with Crippen LogP contribution >= 0.6 is 0 Å². The van der Waals surface area contributed by atoms with Gasteiger partial charge >= 0.3 is 5.97 Å². The second-order valence-corrected chi connectivity index (χ2v) is 5.34. The predicted molar refractivity (Wildman–Crippen MR) is 79.5 cm³/mol. The van der Waals surface area contributed by atoms with Gasteiger partial charge in [0.15, 0.2) is 12.6 Å². The maximum absolute atomic E-state index is 11.0. The van der Waals surface area contributed by atoms with Crippen LogP contribution in [0.3, 0.4) is 0 Å². The fraction of sp³-hybridized carbons (Fsp3) is 0.500. The average Bonchev–Trinajstić information content (AvgIpc) is 2.59. The summed E-state index contributed by atoms with van der Waals surface area (Å²) in [5, 5.41) is 3.92. The smallest absolute Gasteiger partial charge is 0.331 e. The van der Waals surface area contributed by atoms with Gasteiger partial charge < -0.3 is 23.8 Å². The SMILES string of the molecule is CO[C@@H]1CC(=NOC(C)=O)[C@@H]2OC(c3ccccc3)OC[C@H]2O1. The number of benzene rings is 1. The van der Waals surface area contributed by atoms with Gasteiger partial charge in [-0.15, -0.1) is 0 Å². The molecule has 0 aliphatic carbocycles. The highest BCUT2D eigenvalue weighted by molar-refractivity contribution is 5.90. The minimum Gasteiger partial charge on any atom is -0.355 e. The molecule has 23 heavy (non-hydrogen) atoms. The molecule has 0 amide bonds. The first-order valence-electron chi connectivity index (χ1n) is 7.42. The highest BCUT2D eigenvalue weighted by Crippen LogP contribution is 2.32. The molecule has 2 heterocycles.